The maximum absolute atomic E-state index is 7.72. The predicted molar refractivity (Wildman–Crippen MR) is 228 cm³/mol. The van der Waals surface area contributed by atoms with Crippen LogP contribution >= 0.6 is 0 Å². The molecule has 0 radical (unpaired) electrons. The fourth-order valence-corrected chi connectivity index (χ4v) is 8.12. The normalized spacial score (nSPS) is 18.7. The summed E-state index contributed by atoms with van der Waals surface area (Å²) in [5.74, 6) is 0.925. The molecule has 0 N–H and O–H groups in total. The lowest BCUT2D eigenvalue weighted by Gasteiger charge is -2.34. The molecule has 0 saturated heterocycles. The summed E-state index contributed by atoms with van der Waals surface area (Å²) in [5.41, 5.74) is 13.1. The Morgan fingerprint density at radius 2 is 1.07 bits per heavy atom. The third-order valence-corrected chi connectivity index (χ3v) is 11.1. The minimum absolute atomic E-state index is 0.167. The van der Waals surface area contributed by atoms with Crippen LogP contribution in [0, 0.1) is 27.7 Å². The topological polar surface area (TPSA) is 65.0 Å². The molecule has 2 atom stereocenters. The first kappa shape index (κ1) is 32.9. The molecule has 0 fully saturated rings. The summed E-state index contributed by atoms with van der Waals surface area (Å²) in [6, 6.07) is 22.8. The highest BCUT2D eigenvalue weighted by molar-refractivity contribution is 6.09. The van der Waals surface area contributed by atoms with Gasteiger partial charge in [0.25, 0.3) is 0 Å². The molecule has 0 saturated carbocycles. The van der Waals surface area contributed by atoms with Crippen molar-refractivity contribution in [2.75, 3.05) is 24.1 Å². The molecule has 2 unspecified atom stereocenters. The number of pyridine rings is 2. The van der Waals surface area contributed by atoms with Gasteiger partial charge in [-0.2, -0.15) is 0 Å². The third-order valence-electron chi connectivity index (χ3n) is 11.1. The van der Waals surface area contributed by atoms with Gasteiger partial charge in [-0.3, -0.25) is 10.0 Å². The standard InChI is InChI=1S/C29H33N3O.C18H19N3O/c1-17(2)21-9-8-10-22(18(3)4)26(21)25-15-16-32(31(25)7)27-19(5)11-13-23-24-14-12-20(6)30-29(24)33-28(23)27;1-11-5-7-14-15-8-6-12(2)19-18(15)22-17(14)16(11)21-10-9-13(3)20(21)4/h8-18,25H,1-7H3;5-10,13H,1-4H3/i;3D3. The monoisotopic (exact) mass is 735 g/mol. The second-order valence-electron chi connectivity index (χ2n) is 15.6. The number of hydrazine groups is 2. The van der Waals surface area contributed by atoms with Crippen molar-refractivity contribution in [1.82, 2.24) is 20.0 Å². The van der Waals surface area contributed by atoms with Crippen LogP contribution in [0.15, 0.2) is 100 Å². The van der Waals surface area contributed by atoms with Crippen molar-refractivity contribution >= 4 is 55.5 Å². The van der Waals surface area contributed by atoms with E-state index < -0.39 is 12.9 Å². The Hall–Kier alpha value is -5.44. The van der Waals surface area contributed by atoms with E-state index in [1.54, 1.807) is 24.3 Å². The number of hydrogen-bond donors (Lipinski definition) is 0. The third kappa shape index (κ3) is 6.18. The summed E-state index contributed by atoms with van der Waals surface area (Å²) >= 11 is 0. The first-order valence-corrected chi connectivity index (χ1v) is 19.2. The highest BCUT2D eigenvalue weighted by Crippen LogP contribution is 2.44. The number of nitrogens with zero attached hydrogens (tertiary/aromatic N) is 6. The van der Waals surface area contributed by atoms with Crippen molar-refractivity contribution in [3.05, 3.63) is 130 Å². The van der Waals surface area contributed by atoms with Crippen LogP contribution in [0.25, 0.3) is 44.1 Å². The van der Waals surface area contributed by atoms with Gasteiger partial charge in [0.05, 0.1) is 6.04 Å². The lowest BCUT2D eigenvalue weighted by molar-refractivity contribution is 0.307. The van der Waals surface area contributed by atoms with Crippen LogP contribution in [-0.4, -0.2) is 40.1 Å². The van der Waals surface area contributed by atoms with Gasteiger partial charge in [-0.05, 0) is 111 Å². The van der Waals surface area contributed by atoms with Crippen molar-refractivity contribution in [2.45, 2.75) is 86.2 Å². The summed E-state index contributed by atoms with van der Waals surface area (Å²) in [4.78, 5) is 9.11. The zero-order valence-electron chi connectivity index (χ0n) is 36.5. The van der Waals surface area contributed by atoms with Crippen LogP contribution in [0.5, 0.6) is 0 Å². The molecule has 7 aromatic rings. The van der Waals surface area contributed by atoms with Gasteiger partial charge in [-0.1, -0.05) is 70.2 Å². The van der Waals surface area contributed by atoms with Crippen LogP contribution in [0.3, 0.4) is 0 Å². The second-order valence-corrected chi connectivity index (χ2v) is 15.6. The van der Waals surface area contributed by atoms with Crippen LogP contribution in [0.2, 0.25) is 0 Å². The van der Waals surface area contributed by atoms with E-state index in [4.69, 9.17) is 12.9 Å². The van der Waals surface area contributed by atoms with Gasteiger partial charge in [-0.15, -0.1) is 0 Å². The SMILES string of the molecule is Cc1ccc2c(n1)oc1c(N3C=CC(c4c(C(C)C)cccc4C(C)C)N3C)c(C)ccc12.[2H]C([2H])([2H])C1C=CN(c2c(C)ccc3c2oc2nc(C)ccc23)N1C. The molecule has 0 bridgehead atoms. The van der Waals surface area contributed by atoms with Crippen molar-refractivity contribution in [1.29, 1.82) is 0 Å². The Kier molecular flexibility index (Phi) is 8.39. The van der Waals surface area contributed by atoms with Gasteiger partial charge in [0, 0.05) is 69.6 Å². The number of aromatic nitrogens is 2. The number of hydrogen-bond acceptors (Lipinski definition) is 8. The summed E-state index contributed by atoms with van der Waals surface area (Å²) in [5, 5.41) is 12.3. The molecule has 4 aromatic heterocycles. The van der Waals surface area contributed by atoms with Crippen molar-refractivity contribution in [2.24, 2.45) is 0 Å². The van der Waals surface area contributed by atoms with E-state index in [1.807, 2.05) is 56.1 Å². The molecule has 8 heteroatoms. The largest absolute Gasteiger partial charge is 0.435 e. The zero-order valence-corrected chi connectivity index (χ0v) is 33.5. The number of fused-ring (bicyclic) bond motifs is 6. The second kappa shape index (κ2) is 14.0. The Labute approximate surface area is 328 Å². The van der Waals surface area contributed by atoms with E-state index in [-0.39, 0.29) is 6.04 Å². The molecule has 2 aliphatic rings. The van der Waals surface area contributed by atoms with Gasteiger partial charge in [-0.25, -0.2) is 20.0 Å². The smallest absolute Gasteiger partial charge is 0.227 e. The van der Waals surface area contributed by atoms with Crippen LogP contribution in [0.4, 0.5) is 11.4 Å². The molecule has 2 aliphatic heterocycles. The Morgan fingerprint density at radius 1 is 0.600 bits per heavy atom. The molecule has 9 rings (SSSR count). The summed E-state index contributed by atoms with van der Waals surface area (Å²) in [6.45, 7) is 15.1. The quantitative estimate of drug-likeness (QED) is 0.173. The lowest BCUT2D eigenvalue weighted by Crippen LogP contribution is -2.36. The van der Waals surface area contributed by atoms with E-state index in [2.05, 4.69) is 110 Å². The minimum Gasteiger partial charge on any atom is -0.435 e. The molecule has 0 amide bonds. The maximum atomic E-state index is 7.72. The number of likely N-dealkylation sites (N-methyl/N-ethyl adjacent to an activating group) is 2. The Bertz CT molecular complexity index is 2740. The van der Waals surface area contributed by atoms with E-state index >= 15 is 0 Å². The van der Waals surface area contributed by atoms with Crippen molar-refractivity contribution in [3.63, 3.8) is 0 Å². The summed E-state index contributed by atoms with van der Waals surface area (Å²) in [7, 11) is 3.95. The van der Waals surface area contributed by atoms with Gasteiger partial charge in [0.15, 0.2) is 11.2 Å². The maximum Gasteiger partial charge on any atom is 0.227 e. The molecule has 6 heterocycles. The van der Waals surface area contributed by atoms with Crippen molar-refractivity contribution < 1.29 is 12.9 Å². The average molecular weight is 736 g/mol. The number of aryl methyl sites for hydroxylation is 4. The molecule has 282 valence electrons. The first-order valence-electron chi connectivity index (χ1n) is 20.7. The molecular formula is C47H52N6O2. The van der Waals surface area contributed by atoms with Crippen LogP contribution in [-0.2, 0) is 0 Å². The van der Waals surface area contributed by atoms with E-state index in [0.29, 0.717) is 23.3 Å². The highest BCUT2D eigenvalue weighted by atomic mass is 16.3. The fourth-order valence-electron chi connectivity index (χ4n) is 8.12. The number of rotatable bonds is 5. The van der Waals surface area contributed by atoms with Gasteiger partial charge in [0.1, 0.15) is 11.4 Å². The first-order chi connectivity index (χ1) is 27.5. The fraction of sp³-hybridized carbons (Fsp3) is 0.319. The van der Waals surface area contributed by atoms with Gasteiger partial charge < -0.3 is 8.83 Å². The van der Waals surface area contributed by atoms with Gasteiger partial charge >= 0.3 is 0 Å². The molecule has 8 nitrogen and oxygen atoms in total. The van der Waals surface area contributed by atoms with Crippen LogP contribution < -0.4 is 10.0 Å². The Balaban J connectivity index is 0.000000168. The molecule has 3 aromatic carbocycles. The molecule has 0 aliphatic carbocycles. The summed E-state index contributed by atoms with van der Waals surface area (Å²) in [6.07, 6.45) is 8.01. The lowest BCUT2D eigenvalue weighted by atomic mass is 9.85. The predicted octanol–water partition coefficient (Wildman–Crippen LogP) is 11.9. The van der Waals surface area contributed by atoms with E-state index in [0.717, 1.165) is 61.0 Å². The van der Waals surface area contributed by atoms with E-state index in [9.17, 15) is 0 Å². The van der Waals surface area contributed by atoms with Crippen molar-refractivity contribution in [3.8, 4) is 0 Å². The molecule has 55 heavy (non-hydrogen) atoms. The minimum atomic E-state index is -2.09. The number of benzene rings is 3. The van der Waals surface area contributed by atoms with Crippen LogP contribution in [0.1, 0.15) is 95.7 Å². The Morgan fingerprint density at radius 3 is 1.55 bits per heavy atom. The molecular weight excluding hydrogens is 681 g/mol. The highest BCUT2D eigenvalue weighted by Gasteiger charge is 2.32. The number of furan rings is 2. The zero-order chi connectivity index (χ0) is 41.4. The average Bonchev–Trinajstić information content (AvgIpc) is 3.93. The number of anilines is 2. The van der Waals surface area contributed by atoms with Gasteiger partial charge in [0.2, 0.25) is 11.4 Å². The summed E-state index contributed by atoms with van der Waals surface area (Å²) < 4.78 is 35.6. The van der Waals surface area contributed by atoms with E-state index in [1.165, 1.54) is 22.3 Å². The molecule has 0 spiro atoms.